The van der Waals surface area contributed by atoms with Crippen LogP contribution in [0.2, 0.25) is 0 Å². The van der Waals surface area contributed by atoms with Gasteiger partial charge in [-0.05, 0) is 31.0 Å². The minimum absolute atomic E-state index is 0.00534. The van der Waals surface area contributed by atoms with Gasteiger partial charge in [-0.25, -0.2) is 15.0 Å². The number of nitrogens with two attached hydrogens (primary N) is 1. The van der Waals surface area contributed by atoms with E-state index < -0.39 is 5.91 Å². The molecule has 0 saturated carbocycles. The van der Waals surface area contributed by atoms with Crippen LogP contribution < -0.4 is 10.6 Å². The molecule has 2 amide bonds. The van der Waals surface area contributed by atoms with E-state index in [1.165, 1.54) is 12.4 Å². The summed E-state index contributed by atoms with van der Waals surface area (Å²) >= 11 is 0. The molecule has 3 aromatic rings. The summed E-state index contributed by atoms with van der Waals surface area (Å²) in [5.74, 6) is -0.0425. The second-order valence-corrected chi connectivity index (χ2v) is 8.14. The minimum atomic E-state index is -0.574. The molecule has 2 N–H and O–H groups in total. The number of fused-ring (bicyclic) bond motifs is 1. The number of carbonyl (C=O) groups is 2. The van der Waals surface area contributed by atoms with Crippen molar-refractivity contribution in [3.63, 3.8) is 0 Å². The molecule has 4 heterocycles. The Hall–Kier alpha value is -4.04. The molecule has 1 aliphatic rings. The second-order valence-electron chi connectivity index (χ2n) is 8.14. The Morgan fingerprint density at radius 1 is 1.24 bits per heavy atom. The van der Waals surface area contributed by atoms with Gasteiger partial charge in [0.25, 0.3) is 5.91 Å². The highest BCUT2D eigenvalue weighted by molar-refractivity contribution is 5.93. The molecular formula is C23H26N8O3. The van der Waals surface area contributed by atoms with E-state index in [1.807, 2.05) is 22.9 Å². The number of hydrogen-bond donors (Lipinski definition) is 1. The first-order valence-electron chi connectivity index (χ1n) is 11.0. The van der Waals surface area contributed by atoms with Gasteiger partial charge in [0.2, 0.25) is 11.9 Å². The molecule has 0 radical (unpaired) electrons. The van der Waals surface area contributed by atoms with E-state index in [0.717, 1.165) is 31.3 Å². The Kier molecular flexibility index (Phi) is 6.98. The number of nitriles is 1. The molecule has 1 saturated heterocycles. The summed E-state index contributed by atoms with van der Waals surface area (Å²) in [7, 11) is 1.80. The summed E-state index contributed by atoms with van der Waals surface area (Å²) in [5.41, 5.74) is 6.61. The lowest BCUT2D eigenvalue weighted by Crippen LogP contribution is -2.47. The van der Waals surface area contributed by atoms with E-state index in [4.69, 9.17) is 15.7 Å². The highest BCUT2D eigenvalue weighted by Gasteiger charge is 2.26. The zero-order chi connectivity index (χ0) is 24.1. The normalized spacial score (nSPS) is 14.2. The van der Waals surface area contributed by atoms with Gasteiger partial charge in [-0.1, -0.05) is 0 Å². The van der Waals surface area contributed by atoms with Crippen LogP contribution in [0, 0.1) is 11.3 Å². The summed E-state index contributed by atoms with van der Waals surface area (Å²) in [5, 5.41) is 9.77. The SMILES string of the molecule is CN(C(=O)COCCn1ccc2ccc(C(N)=O)nc21)C1CCN(c2ncc(C#N)cn2)CC1. The number of aromatic nitrogens is 4. The Morgan fingerprint density at radius 2 is 1.97 bits per heavy atom. The van der Waals surface area contributed by atoms with Gasteiger partial charge in [0.05, 0.1) is 24.6 Å². The monoisotopic (exact) mass is 462 g/mol. The number of hydrogen-bond acceptors (Lipinski definition) is 8. The van der Waals surface area contributed by atoms with Crippen LogP contribution in [0.25, 0.3) is 11.0 Å². The quantitative estimate of drug-likeness (QED) is 0.487. The van der Waals surface area contributed by atoms with Crippen molar-refractivity contribution in [1.82, 2.24) is 24.4 Å². The van der Waals surface area contributed by atoms with E-state index in [9.17, 15) is 9.59 Å². The molecule has 1 aliphatic heterocycles. The van der Waals surface area contributed by atoms with Crippen molar-refractivity contribution in [1.29, 1.82) is 5.26 Å². The van der Waals surface area contributed by atoms with Crippen molar-refractivity contribution in [2.45, 2.75) is 25.4 Å². The van der Waals surface area contributed by atoms with Gasteiger partial charge >= 0.3 is 0 Å². The van der Waals surface area contributed by atoms with Crippen LogP contribution in [0.1, 0.15) is 28.9 Å². The van der Waals surface area contributed by atoms with Gasteiger partial charge in [-0.15, -0.1) is 0 Å². The fourth-order valence-electron chi connectivity index (χ4n) is 4.00. The summed E-state index contributed by atoms with van der Waals surface area (Å²) in [6.07, 6.45) is 6.50. The van der Waals surface area contributed by atoms with Crippen molar-refractivity contribution >= 4 is 28.8 Å². The van der Waals surface area contributed by atoms with Crippen molar-refractivity contribution < 1.29 is 14.3 Å². The van der Waals surface area contributed by atoms with Crippen LogP contribution in [0.15, 0.2) is 36.8 Å². The largest absolute Gasteiger partial charge is 0.370 e. The maximum absolute atomic E-state index is 12.6. The molecule has 3 aromatic heterocycles. The Balaban J connectivity index is 1.22. The van der Waals surface area contributed by atoms with Gasteiger partial charge in [0.1, 0.15) is 24.0 Å². The predicted octanol–water partition coefficient (Wildman–Crippen LogP) is 0.941. The van der Waals surface area contributed by atoms with Crippen LogP contribution >= 0.6 is 0 Å². The molecule has 34 heavy (non-hydrogen) atoms. The van der Waals surface area contributed by atoms with E-state index >= 15 is 0 Å². The Labute approximate surface area is 196 Å². The van der Waals surface area contributed by atoms with Crippen LogP contribution in [-0.2, 0) is 16.1 Å². The number of pyridine rings is 1. The predicted molar refractivity (Wildman–Crippen MR) is 124 cm³/mol. The van der Waals surface area contributed by atoms with Crippen LogP contribution in [-0.4, -0.2) is 75.6 Å². The van der Waals surface area contributed by atoms with Crippen molar-refractivity contribution in [3.8, 4) is 6.07 Å². The molecular weight excluding hydrogens is 436 g/mol. The lowest BCUT2D eigenvalue weighted by Gasteiger charge is -2.36. The van der Waals surface area contributed by atoms with Crippen LogP contribution in [0.3, 0.4) is 0 Å². The van der Waals surface area contributed by atoms with Gasteiger partial charge in [0.15, 0.2) is 0 Å². The number of anilines is 1. The molecule has 0 aliphatic carbocycles. The standard InChI is InChI=1S/C23H26N8O3/c1-29(18-5-8-31(9-6-18)23-26-13-16(12-24)14-27-23)20(32)15-34-11-10-30-7-4-17-2-3-19(21(25)33)28-22(17)30/h2-4,7,13-14,18H,5-6,8-11,15H2,1H3,(H2,25,33). The minimum Gasteiger partial charge on any atom is -0.370 e. The number of likely N-dealkylation sites (N-methyl/N-ethyl adjacent to an activating group) is 1. The summed E-state index contributed by atoms with van der Waals surface area (Å²) < 4.78 is 7.50. The number of carbonyl (C=O) groups excluding carboxylic acids is 2. The maximum atomic E-state index is 12.6. The maximum Gasteiger partial charge on any atom is 0.267 e. The molecule has 0 spiro atoms. The van der Waals surface area contributed by atoms with Crippen molar-refractivity contribution in [2.75, 3.05) is 38.3 Å². The second kappa shape index (κ2) is 10.3. The van der Waals surface area contributed by atoms with Gasteiger partial charge in [-0.2, -0.15) is 5.26 Å². The van der Waals surface area contributed by atoms with E-state index in [2.05, 4.69) is 19.9 Å². The average molecular weight is 463 g/mol. The average Bonchev–Trinajstić information content (AvgIpc) is 3.28. The molecule has 176 valence electrons. The lowest BCUT2D eigenvalue weighted by molar-refractivity contribution is -0.137. The fraction of sp³-hybridized carbons (Fsp3) is 0.391. The molecule has 0 atom stereocenters. The number of primary amides is 1. The van der Waals surface area contributed by atoms with E-state index in [1.54, 1.807) is 24.1 Å². The van der Waals surface area contributed by atoms with Crippen molar-refractivity contribution in [2.24, 2.45) is 5.73 Å². The summed E-state index contributed by atoms with van der Waals surface area (Å²) in [4.78, 5) is 40.6. The Morgan fingerprint density at radius 3 is 2.65 bits per heavy atom. The van der Waals surface area contributed by atoms with Crippen LogP contribution in [0.4, 0.5) is 5.95 Å². The lowest BCUT2D eigenvalue weighted by atomic mass is 10.0. The van der Waals surface area contributed by atoms with Gasteiger partial charge in [-0.3, -0.25) is 9.59 Å². The molecule has 4 rings (SSSR count). The summed E-state index contributed by atoms with van der Waals surface area (Å²) in [6, 6.07) is 7.44. The summed E-state index contributed by atoms with van der Waals surface area (Å²) in [6.45, 7) is 2.29. The third-order valence-electron chi connectivity index (χ3n) is 6.02. The third-order valence-corrected chi connectivity index (χ3v) is 6.02. The van der Waals surface area contributed by atoms with Gasteiger partial charge in [0, 0.05) is 44.3 Å². The fourth-order valence-corrected chi connectivity index (χ4v) is 4.00. The van der Waals surface area contributed by atoms with Crippen LogP contribution in [0.5, 0.6) is 0 Å². The van der Waals surface area contributed by atoms with E-state index in [-0.39, 0.29) is 24.2 Å². The molecule has 1 fully saturated rings. The topological polar surface area (TPSA) is 143 Å². The Bertz CT molecular complexity index is 1210. The highest BCUT2D eigenvalue weighted by atomic mass is 16.5. The van der Waals surface area contributed by atoms with Gasteiger partial charge < -0.3 is 24.8 Å². The molecule has 0 unspecified atom stereocenters. The molecule has 0 bridgehead atoms. The zero-order valence-electron chi connectivity index (χ0n) is 18.9. The highest BCUT2D eigenvalue weighted by Crippen LogP contribution is 2.19. The smallest absolute Gasteiger partial charge is 0.267 e. The number of amides is 2. The molecule has 11 nitrogen and oxygen atoms in total. The zero-order valence-corrected chi connectivity index (χ0v) is 18.9. The number of nitrogens with zero attached hydrogens (tertiary/aromatic N) is 7. The number of ether oxygens (including phenoxy) is 1. The number of rotatable bonds is 8. The first-order chi connectivity index (χ1) is 16.5. The number of piperidine rings is 1. The third kappa shape index (κ3) is 5.13. The van der Waals surface area contributed by atoms with E-state index in [0.29, 0.717) is 30.3 Å². The molecule has 11 heteroatoms. The first-order valence-corrected chi connectivity index (χ1v) is 11.0. The van der Waals surface area contributed by atoms with Crippen molar-refractivity contribution in [3.05, 3.63) is 48.0 Å². The molecule has 0 aromatic carbocycles. The first kappa shape index (κ1) is 23.1.